The fourth-order valence-electron chi connectivity index (χ4n) is 1.55. The van der Waals surface area contributed by atoms with E-state index >= 15 is 0 Å². The van der Waals surface area contributed by atoms with Gasteiger partial charge >= 0.3 is 0 Å². The van der Waals surface area contributed by atoms with E-state index in [4.69, 9.17) is 0 Å². The number of anilines is 3. The van der Waals surface area contributed by atoms with Gasteiger partial charge in [0.1, 0.15) is 18.0 Å². The lowest BCUT2D eigenvalue weighted by Gasteiger charge is -2.09. The first kappa shape index (κ1) is 12.1. The lowest BCUT2D eigenvalue weighted by molar-refractivity contribution is 1.14. The molecule has 0 spiro atoms. The summed E-state index contributed by atoms with van der Waals surface area (Å²) in [7, 11) is 0. The summed E-state index contributed by atoms with van der Waals surface area (Å²) in [6.45, 7) is 6.39. The van der Waals surface area contributed by atoms with Crippen LogP contribution in [0.5, 0.6) is 0 Å². The molecular weight excluding hydrogens is 224 g/mol. The minimum atomic E-state index is 0.681. The van der Waals surface area contributed by atoms with E-state index in [1.807, 2.05) is 24.3 Å². The van der Waals surface area contributed by atoms with Gasteiger partial charge in [0, 0.05) is 18.3 Å². The maximum atomic E-state index is 4.20. The molecule has 0 bridgehead atoms. The third kappa shape index (κ3) is 3.07. The first-order valence-corrected chi connectivity index (χ1v) is 5.79. The van der Waals surface area contributed by atoms with Crippen LogP contribution in [0.1, 0.15) is 5.56 Å². The summed E-state index contributed by atoms with van der Waals surface area (Å²) in [5, 5.41) is 6.40. The minimum Gasteiger partial charge on any atom is -0.366 e. The monoisotopic (exact) mass is 240 g/mol. The van der Waals surface area contributed by atoms with E-state index in [0.717, 1.165) is 17.3 Å². The Bertz CT molecular complexity index is 537. The average molecular weight is 240 g/mol. The summed E-state index contributed by atoms with van der Waals surface area (Å²) in [6, 6.07) is 9.95. The normalized spacial score (nSPS) is 9.83. The number of aryl methyl sites for hydroxylation is 1. The van der Waals surface area contributed by atoms with Crippen LogP contribution in [0.15, 0.2) is 49.3 Å². The van der Waals surface area contributed by atoms with Gasteiger partial charge in [-0.1, -0.05) is 24.3 Å². The van der Waals surface area contributed by atoms with E-state index in [1.54, 1.807) is 6.08 Å². The second kappa shape index (κ2) is 5.82. The highest BCUT2D eigenvalue weighted by molar-refractivity contribution is 5.61. The number of para-hydroxylation sites is 1. The molecule has 0 aliphatic carbocycles. The molecule has 1 heterocycles. The molecular formula is C14H16N4. The third-order valence-corrected chi connectivity index (χ3v) is 2.50. The van der Waals surface area contributed by atoms with Crippen molar-refractivity contribution in [3.8, 4) is 0 Å². The molecule has 0 saturated heterocycles. The zero-order valence-corrected chi connectivity index (χ0v) is 10.4. The van der Waals surface area contributed by atoms with Crippen molar-refractivity contribution >= 4 is 17.3 Å². The van der Waals surface area contributed by atoms with Crippen molar-refractivity contribution < 1.29 is 0 Å². The molecule has 0 atom stereocenters. The van der Waals surface area contributed by atoms with Crippen LogP contribution in [0.2, 0.25) is 0 Å². The van der Waals surface area contributed by atoms with Crippen molar-refractivity contribution in [2.75, 3.05) is 17.2 Å². The van der Waals surface area contributed by atoms with Gasteiger partial charge in [0.2, 0.25) is 0 Å². The van der Waals surface area contributed by atoms with Gasteiger partial charge in [0.25, 0.3) is 0 Å². The third-order valence-electron chi connectivity index (χ3n) is 2.50. The number of rotatable bonds is 5. The Morgan fingerprint density at radius 2 is 2.00 bits per heavy atom. The molecule has 1 aromatic heterocycles. The van der Waals surface area contributed by atoms with Gasteiger partial charge in [-0.3, -0.25) is 0 Å². The smallest absolute Gasteiger partial charge is 0.135 e. The van der Waals surface area contributed by atoms with Crippen LogP contribution in [-0.2, 0) is 0 Å². The molecule has 0 unspecified atom stereocenters. The lowest BCUT2D eigenvalue weighted by atomic mass is 10.2. The van der Waals surface area contributed by atoms with Crippen molar-refractivity contribution in [2.45, 2.75) is 6.92 Å². The Balaban J connectivity index is 2.14. The Morgan fingerprint density at radius 3 is 2.78 bits per heavy atom. The molecule has 0 saturated carbocycles. The molecule has 0 aliphatic rings. The van der Waals surface area contributed by atoms with Crippen LogP contribution in [0, 0.1) is 6.92 Å². The van der Waals surface area contributed by atoms with E-state index in [9.17, 15) is 0 Å². The van der Waals surface area contributed by atoms with E-state index in [-0.39, 0.29) is 0 Å². The first-order chi connectivity index (χ1) is 8.79. The number of nitrogens with one attached hydrogen (secondary N) is 2. The number of nitrogens with zero attached hydrogens (tertiary/aromatic N) is 2. The van der Waals surface area contributed by atoms with Gasteiger partial charge in [-0.2, -0.15) is 0 Å². The van der Waals surface area contributed by atoms with Gasteiger partial charge in [-0.05, 0) is 18.6 Å². The van der Waals surface area contributed by atoms with E-state index in [0.29, 0.717) is 6.54 Å². The predicted molar refractivity (Wildman–Crippen MR) is 75.2 cm³/mol. The van der Waals surface area contributed by atoms with Gasteiger partial charge in [-0.25, -0.2) is 9.97 Å². The van der Waals surface area contributed by atoms with Crippen LogP contribution < -0.4 is 10.6 Å². The van der Waals surface area contributed by atoms with Crippen LogP contribution in [0.25, 0.3) is 0 Å². The molecule has 4 heteroatoms. The van der Waals surface area contributed by atoms with Gasteiger partial charge in [-0.15, -0.1) is 6.58 Å². The zero-order chi connectivity index (χ0) is 12.8. The summed E-state index contributed by atoms with van der Waals surface area (Å²) in [4.78, 5) is 8.33. The minimum absolute atomic E-state index is 0.681. The standard InChI is InChI=1S/C14H16N4/c1-3-8-15-13-9-14(17-10-16-13)18-12-7-5-4-6-11(12)2/h3-7,9-10H,1,8H2,2H3,(H2,15,16,17,18). The van der Waals surface area contributed by atoms with E-state index < -0.39 is 0 Å². The molecule has 18 heavy (non-hydrogen) atoms. The number of hydrogen-bond donors (Lipinski definition) is 2. The zero-order valence-electron chi connectivity index (χ0n) is 10.4. The Morgan fingerprint density at radius 1 is 1.22 bits per heavy atom. The number of aromatic nitrogens is 2. The second-order valence-corrected chi connectivity index (χ2v) is 3.90. The van der Waals surface area contributed by atoms with E-state index in [1.165, 1.54) is 11.9 Å². The summed E-state index contributed by atoms with van der Waals surface area (Å²) >= 11 is 0. The van der Waals surface area contributed by atoms with Crippen molar-refractivity contribution in [1.29, 1.82) is 0 Å². The molecule has 1 aromatic carbocycles. The lowest BCUT2D eigenvalue weighted by Crippen LogP contribution is -2.02. The highest BCUT2D eigenvalue weighted by atomic mass is 15.1. The van der Waals surface area contributed by atoms with Crippen LogP contribution in [0.3, 0.4) is 0 Å². The van der Waals surface area contributed by atoms with E-state index in [2.05, 4.69) is 40.2 Å². The fraction of sp³-hybridized carbons (Fsp3) is 0.143. The topological polar surface area (TPSA) is 49.8 Å². The van der Waals surface area contributed by atoms with Crippen molar-refractivity contribution in [2.24, 2.45) is 0 Å². The molecule has 2 N–H and O–H groups in total. The quantitative estimate of drug-likeness (QED) is 0.788. The number of hydrogen-bond acceptors (Lipinski definition) is 4. The van der Waals surface area contributed by atoms with Crippen molar-refractivity contribution in [3.63, 3.8) is 0 Å². The predicted octanol–water partition coefficient (Wildman–Crippen LogP) is 3.13. The highest BCUT2D eigenvalue weighted by Crippen LogP contribution is 2.19. The van der Waals surface area contributed by atoms with Gasteiger partial charge < -0.3 is 10.6 Å². The SMILES string of the molecule is C=CCNc1cc(Nc2ccccc2C)ncn1. The van der Waals surface area contributed by atoms with Gasteiger partial charge in [0.15, 0.2) is 0 Å². The Kier molecular flexibility index (Phi) is 3.91. The summed E-state index contributed by atoms with van der Waals surface area (Å²) in [6.07, 6.45) is 3.32. The Labute approximate surface area is 107 Å². The fourth-order valence-corrected chi connectivity index (χ4v) is 1.55. The molecule has 0 fully saturated rings. The Hall–Kier alpha value is -2.36. The average Bonchev–Trinajstić information content (AvgIpc) is 2.40. The summed E-state index contributed by atoms with van der Waals surface area (Å²) in [5.74, 6) is 1.55. The van der Waals surface area contributed by atoms with Crippen LogP contribution >= 0.6 is 0 Å². The molecule has 0 aliphatic heterocycles. The van der Waals surface area contributed by atoms with Gasteiger partial charge in [0.05, 0.1) is 0 Å². The molecule has 92 valence electrons. The molecule has 0 radical (unpaired) electrons. The maximum Gasteiger partial charge on any atom is 0.135 e. The van der Waals surface area contributed by atoms with Crippen molar-refractivity contribution in [3.05, 3.63) is 54.9 Å². The highest BCUT2D eigenvalue weighted by Gasteiger charge is 2.00. The van der Waals surface area contributed by atoms with Crippen LogP contribution in [-0.4, -0.2) is 16.5 Å². The molecule has 0 amide bonds. The van der Waals surface area contributed by atoms with Crippen molar-refractivity contribution in [1.82, 2.24) is 9.97 Å². The van der Waals surface area contributed by atoms with Crippen LogP contribution in [0.4, 0.5) is 17.3 Å². The largest absolute Gasteiger partial charge is 0.366 e. The second-order valence-electron chi connectivity index (χ2n) is 3.90. The molecule has 2 aromatic rings. The maximum absolute atomic E-state index is 4.20. The first-order valence-electron chi connectivity index (χ1n) is 5.79. The molecule has 4 nitrogen and oxygen atoms in total. The summed E-state index contributed by atoms with van der Waals surface area (Å²) < 4.78 is 0. The number of benzene rings is 1. The summed E-state index contributed by atoms with van der Waals surface area (Å²) in [5.41, 5.74) is 2.22. The molecule has 2 rings (SSSR count).